The average molecular weight is 524 g/mol. The maximum Gasteiger partial charge on any atom is 0.0638 e. The summed E-state index contributed by atoms with van der Waals surface area (Å²) in [7, 11) is 0. The van der Waals surface area contributed by atoms with Gasteiger partial charge in [-0.05, 0) is 119 Å². The summed E-state index contributed by atoms with van der Waals surface area (Å²) in [5.74, 6) is 0. The van der Waals surface area contributed by atoms with Gasteiger partial charge < -0.3 is 0 Å². The van der Waals surface area contributed by atoms with Crippen LogP contribution < -0.4 is 0 Å². The summed E-state index contributed by atoms with van der Waals surface area (Å²) in [6.45, 7) is 11.1. The highest BCUT2D eigenvalue weighted by Gasteiger charge is 2.22. The average Bonchev–Trinajstić information content (AvgIpc) is 3.31. The van der Waals surface area contributed by atoms with Crippen LogP contribution in [0.5, 0.6) is 0 Å². The van der Waals surface area contributed by atoms with Gasteiger partial charge in [-0.15, -0.1) is 0 Å². The number of hydrogen-bond donors (Lipinski definition) is 0. The number of nitrogens with zero attached hydrogens (tertiary/aromatic N) is 1. The molecule has 0 aromatic heterocycles. The number of fused-ring (bicyclic) bond motifs is 3. The SMILES string of the molecule is C=NCc1cccc2c1-c1cc(Cc3ccccc3-c3cc(Sc4ccccc4C)c(C)cc3C)ccc1C2. The molecule has 0 aliphatic heterocycles. The van der Waals surface area contributed by atoms with E-state index in [2.05, 4.69) is 130 Å². The predicted molar refractivity (Wildman–Crippen MR) is 167 cm³/mol. The number of rotatable bonds is 7. The fraction of sp³-hybridized carbons (Fsp3) is 0.162. The zero-order chi connectivity index (χ0) is 26.9. The van der Waals surface area contributed by atoms with Crippen LogP contribution in [-0.2, 0) is 19.4 Å². The largest absolute Gasteiger partial charge is 0.296 e. The molecule has 0 unspecified atom stereocenters. The standard InChI is InChI=1S/C37H33NS/c1-24-10-5-8-15-35(24)39-36-22-33(25(2)18-26(36)3)32-14-7-6-11-28(32)19-27-16-17-29-21-30-12-9-13-31(23-38-4)37(30)34(29)20-27/h5-18,20,22H,4,19,21,23H2,1-3H3. The van der Waals surface area contributed by atoms with Gasteiger partial charge in [0.05, 0.1) is 6.54 Å². The van der Waals surface area contributed by atoms with Gasteiger partial charge in [-0.25, -0.2) is 0 Å². The van der Waals surface area contributed by atoms with Gasteiger partial charge in [-0.1, -0.05) is 96.7 Å². The fourth-order valence-corrected chi connectivity index (χ4v) is 6.91. The smallest absolute Gasteiger partial charge is 0.0638 e. The Kier molecular flexibility index (Phi) is 6.97. The van der Waals surface area contributed by atoms with E-state index in [1.165, 1.54) is 76.6 Å². The molecular formula is C37H33NS. The molecular weight excluding hydrogens is 490 g/mol. The summed E-state index contributed by atoms with van der Waals surface area (Å²) in [5.41, 5.74) is 16.1. The second kappa shape index (κ2) is 10.7. The van der Waals surface area contributed by atoms with Crippen molar-refractivity contribution in [2.75, 3.05) is 0 Å². The zero-order valence-electron chi connectivity index (χ0n) is 22.9. The van der Waals surface area contributed by atoms with E-state index in [9.17, 15) is 0 Å². The summed E-state index contributed by atoms with van der Waals surface area (Å²) >= 11 is 1.87. The highest BCUT2D eigenvalue weighted by Crippen LogP contribution is 2.41. The second-order valence-corrected chi connectivity index (χ2v) is 11.7. The van der Waals surface area contributed by atoms with E-state index >= 15 is 0 Å². The third kappa shape index (κ3) is 4.97. The van der Waals surface area contributed by atoms with Gasteiger partial charge in [0.2, 0.25) is 0 Å². The van der Waals surface area contributed by atoms with Crippen LogP contribution in [0.2, 0.25) is 0 Å². The van der Waals surface area contributed by atoms with Gasteiger partial charge >= 0.3 is 0 Å². The maximum absolute atomic E-state index is 4.19. The van der Waals surface area contributed by atoms with Crippen molar-refractivity contribution in [3.63, 3.8) is 0 Å². The first-order valence-corrected chi connectivity index (χ1v) is 14.4. The van der Waals surface area contributed by atoms with Gasteiger partial charge in [0, 0.05) is 9.79 Å². The molecule has 192 valence electrons. The third-order valence-corrected chi connectivity index (χ3v) is 9.22. The van der Waals surface area contributed by atoms with Crippen molar-refractivity contribution in [2.24, 2.45) is 4.99 Å². The van der Waals surface area contributed by atoms with E-state index in [0.29, 0.717) is 6.54 Å². The van der Waals surface area contributed by atoms with E-state index < -0.39 is 0 Å². The summed E-state index contributed by atoms with van der Waals surface area (Å²) in [4.78, 5) is 6.82. The molecule has 0 N–H and O–H groups in total. The van der Waals surface area contributed by atoms with Crippen molar-refractivity contribution in [3.05, 3.63) is 142 Å². The van der Waals surface area contributed by atoms with Gasteiger partial charge in [-0.2, -0.15) is 0 Å². The monoisotopic (exact) mass is 523 g/mol. The number of aliphatic imine (C=N–C) groups is 1. The molecule has 1 nitrogen and oxygen atoms in total. The molecule has 0 fully saturated rings. The van der Waals surface area contributed by atoms with Crippen LogP contribution in [0.3, 0.4) is 0 Å². The molecule has 6 rings (SSSR count). The minimum atomic E-state index is 0.658. The van der Waals surface area contributed by atoms with Crippen LogP contribution in [0.15, 0.2) is 112 Å². The van der Waals surface area contributed by atoms with Crippen molar-refractivity contribution < 1.29 is 0 Å². The predicted octanol–water partition coefficient (Wildman–Crippen LogP) is 9.79. The molecule has 0 atom stereocenters. The van der Waals surface area contributed by atoms with Crippen LogP contribution in [0.1, 0.15) is 44.5 Å². The molecule has 1 aliphatic rings. The molecule has 1 aliphatic carbocycles. The Morgan fingerprint density at radius 2 is 1.44 bits per heavy atom. The van der Waals surface area contributed by atoms with Crippen molar-refractivity contribution in [1.29, 1.82) is 0 Å². The Morgan fingerprint density at radius 1 is 0.641 bits per heavy atom. The van der Waals surface area contributed by atoms with E-state index in [1.807, 2.05) is 11.8 Å². The molecule has 0 saturated heterocycles. The van der Waals surface area contributed by atoms with E-state index in [0.717, 1.165) is 12.8 Å². The molecule has 5 aromatic rings. The second-order valence-electron chi connectivity index (χ2n) is 10.6. The molecule has 0 amide bonds. The number of hydrogen-bond acceptors (Lipinski definition) is 2. The number of benzene rings is 5. The normalized spacial score (nSPS) is 11.8. The Balaban J connectivity index is 1.37. The Hall–Kier alpha value is -3.88. The molecule has 2 heteroatoms. The summed E-state index contributed by atoms with van der Waals surface area (Å²) < 4.78 is 0. The highest BCUT2D eigenvalue weighted by molar-refractivity contribution is 7.99. The van der Waals surface area contributed by atoms with Crippen LogP contribution in [0.25, 0.3) is 22.3 Å². The Bertz CT molecular complexity index is 1710. The van der Waals surface area contributed by atoms with E-state index in [1.54, 1.807) is 0 Å². The van der Waals surface area contributed by atoms with Crippen molar-refractivity contribution in [1.82, 2.24) is 0 Å². The first-order valence-electron chi connectivity index (χ1n) is 13.6. The van der Waals surface area contributed by atoms with Crippen LogP contribution in [0, 0.1) is 20.8 Å². The van der Waals surface area contributed by atoms with Gasteiger partial charge in [0.1, 0.15) is 0 Å². The third-order valence-electron chi connectivity index (χ3n) is 7.88. The maximum atomic E-state index is 4.19. The summed E-state index contributed by atoms with van der Waals surface area (Å²) in [6, 6.07) is 35.9. The van der Waals surface area contributed by atoms with E-state index in [4.69, 9.17) is 0 Å². The van der Waals surface area contributed by atoms with Gasteiger partial charge in [-0.3, -0.25) is 4.99 Å². The summed E-state index contributed by atoms with van der Waals surface area (Å²) in [6.07, 6.45) is 1.89. The highest BCUT2D eigenvalue weighted by atomic mass is 32.2. The number of aryl methyl sites for hydroxylation is 3. The molecule has 0 saturated carbocycles. The lowest BCUT2D eigenvalue weighted by molar-refractivity contribution is 1.08. The molecule has 0 heterocycles. The minimum Gasteiger partial charge on any atom is -0.296 e. The zero-order valence-corrected chi connectivity index (χ0v) is 23.7. The topological polar surface area (TPSA) is 12.4 Å². The summed E-state index contributed by atoms with van der Waals surface area (Å²) in [5, 5.41) is 0. The molecule has 0 spiro atoms. The van der Waals surface area contributed by atoms with Crippen molar-refractivity contribution in [3.8, 4) is 22.3 Å². The van der Waals surface area contributed by atoms with Crippen molar-refractivity contribution >= 4 is 18.5 Å². The quantitative estimate of drug-likeness (QED) is 0.190. The molecule has 39 heavy (non-hydrogen) atoms. The van der Waals surface area contributed by atoms with Crippen molar-refractivity contribution in [2.45, 2.75) is 49.9 Å². The Labute approximate surface area is 236 Å². The molecule has 0 radical (unpaired) electrons. The van der Waals surface area contributed by atoms with Crippen LogP contribution >= 0.6 is 11.8 Å². The first-order chi connectivity index (χ1) is 19.0. The molecule has 5 aromatic carbocycles. The van der Waals surface area contributed by atoms with Crippen LogP contribution in [-0.4, -0.2) is 6.72 Å². The fourth-order valence-electron chi connectivity index (χ4n) is 5.90. The van der Waals surface area contributed by atoms with Crippen LogP contribution in [0.4, 0.5) is 0 Å². The Morgan fingerprint density at radius 3 is 2.28 bits per heavy atom. The van der Waals surface area contributed by atoms with E-state index in [-0.39, 0.29) is 0 Å². The minimum absolute atomic E-state index is 0.658. The lowest BCUT2D eigenvalue weighted by Crippen LogP contribution is -1.96. The lowest BCUT2D eigenvalue weighted by atomic mass is 9.90. The molecule has 0 bridgehead atoms. The lowest BCUT2D eigenvalue weighted by Gasteiger charge is -2.17. The van der Waals surface area contributed by atoms with Gasteiger partial charge in [0.25, 0.3) is 0 Å². The van der Waals surface area contributed by atoms with Gasteiger partial charge in [0.15, 0.2) is 0 Å². The first kappa shape index (κ1) is 25.4.